The number of benzene rings is 3. The number of hydrogen-bond acceptors (Lipinski definition) is 6. The summed E-state index contributed by atoms with van der Waals surface area (Å²) in [7, 11) is 3.34. The predicted molar refractivity (Wildman–Crippen MR) is 142 cm³/mol. The number of hydrogen-bond donors (Lipinski definition) is 1. The Morgan fingerprint density at radius 2 is 1.73 bits per heavy atom. The van der Waals surface area contributed by atoms with E-state index in [4.69, 9.17) is 18.9 Å². The summed E-state index contributed by atoms with van der Waals surface area (Å²) in [5.74, 6) is 1.53. The van der Waals surface area contributed by atoms with E-state index >= 15 is 0 Å². The SMILES string of the molecule is CCOC(=O)C(=O)Nc1cc(C)c(Oc2ccc(OC)c(CCc3cccc(OC)c3)c2)c2c1CCC2. The number of anilines is 1. The minimum absolute atomic E-state index is 0.152. The molecule has 0 saturated carbocycles. The molecule has 37 heavy (non-hydrogen) atoms. The molecule has 0 aliphatic heterocycles. The number of amides is 1. The van der Waals surface area contributed by atoms with Crippen LogP contribution in [0.5, 0.6) is 23.0 Å². The van der Waals surface area contributed by atoms with E-state index in [9.17, 15) is 9.59 Å². The molecule has 1 aliphatic carbocycles. The summed E-state index contributed by atoms with van der Waals surface area (Å²) < 4.78 is 22.2. The number of nitrogens with one attached hydrogen (secondary N) is 1. The number of carbonyl (C=O) groups excluding carboxylic acids is 2. The van der Waals surface area contributed by atoms with Gasteiger partial charge in [-0.05, 0) is 105 Å². The first kappa shape index (κ1) is 26.1. The highest BCUT2D eigenvalue weighted by molar-refractivity contribution is 6.37. The molecule has 1 N–H and O–H groups in total. The van der Waals surface area contributed by atoms with E-state index in [0.29, 0.717) is 5.69 Å². The van der Waals surface area contributed by atoms with Crippen LogP contribution in [0, 0.1) is 6.92 Å². The molecule has 0 spiro atoms. The van der Waals surface area contributed by atoms with E-state index in [2.05, 4.69) is 11.4 Å². The average molecular weight is 504 g/mol. The summed E-state index contributed by atoms with van der Waals surface area (Å²) in [4.78, 5) is 24.1. The van der Waals surface area contributed by atoms with Gasteiger partial charge in [0.15, 0.2) is 0 Å². The Kier molecular flexibility index (Phi) is 8.33. The van der Waals surface area contributed by atoms with Gasteiger partial charge < -0.3 is 24.3 Å². The normalized spacial score (nSPS) is 12.0. The fraction of sp³-hybridized carbons (Fsp3) is 0.333. The quantitative estimate of drug-likeness (QED) is 0.303. The van der Waals surface area contributed by atoms with Crippen LogP contribution in [0.2, 0.25) is 0 Å². The van der Waals surface area contributed by atoms with Crippen LogP contribution in [0.1, 0.15) is 41.2 Å². The van der Waals surface area contributed by atoms with Crippen molar-refractivity contribution < 1.29 is 28.5 Å². The topological polar surface area (TPSA) is 83.1 Å². The molecule has 0 aromatic heterocycles. The van der Waals surface area contributed by atoms with Crippen LogP contribution in [-0.4, -0.2) is 32.7 Å². The summed E-state index contributed by atoms with van der Waals surface area (Å²) in [5, 5.41) is 2.73. The summed E-state index contributed by atoms with van der Waals surface area (Å²) >= 11 is 0. The molecule has 0 bridgehead atoms. The molecule has 3 aromatic carbocycles. The van der Waals surface area contributed by atoms with E-state index in [-0.39, 0.29) is 6.61 Å². The molecule has 1 amide bonds. The van der Waals surface area contributed by atoms with Gasteiger partial charge in [-0.15, -0.1) is 0 Å². The number of rotatable bonds is 9. The van der Waals surface area contributed by atoms with Gasteiger partial charge in [-0.1, -0.05) is 12.1 Å². The predicted octanol–water partition coefficient (Wildman–Crippen LogP) is 5.58. The smallest absolute Gasteiger partial charge is 0.397 e. The van der Waals surface area contributed by atoms with Gasteiger partial charge >= 0.3 is 11.9 Å². The van der Waals surface area contributed by atoms with Crippen LogP contribution in [0.4, 0.5) is 5.69 Å². The van der Waals surface area contributed by atoms with Gasteiger partial charge in [0.1, 0.15) is 23.0 Å². The highest BCUT2D eigenvalue weighted by Crippen LogP contribution is 2.41. The summed E-state index contributed by atoms with van der Waals surface area (Å²) in [6.45, 7) is 3.77. The van der Waals surface area contributed by atoms with Crippen molar-refractivity contribution in [3.63, 3.8) is 0 Å². The molecule has 3 aromatic rings. The standard InChI is InChI=1S/C30H33NO6/c1-5-36-30(33)29(32)31-26-16-19(2)28(25-11-7-10-24(25)26)37-23-14-15-27(35-4)21(18-23)13-12-20-8-6-9-22(17-20)34-3/h6,8-9,14-18H,5,7,10-13H2,1-4H3,(H,31,32). The first-order chi connectivity index (χ1) is 17.9. The molecule has 0 fully saturated rings. The van der Waals surface area contributed by atoms with E-state index in [1.165, 1.54) is 5.56 Å². The molecule has 1 aliphatic rings. The molecular formula is C30H33NO6. The Labute approximate surface area is 217 Å². The third-order valence-electron chi connectivity index (χ3n) is 6.53. The molecule has 0 atom stereocenters. The maximum absolute atomic E-state index is 12.3. The largest absolute Gasteiger partial charge is 0.497 e. The zero-order valence-corrected chi connectivity index (χ0v) is 21.8. The minimum Gasteiger partial charge on any atom is -0.497 e. The highest BCUT2D eigenvalue weighted by Gasteiger charge is 2.25. The van der Waals surface area contributed by atoms with Crippen LogP contribution in [0.3, 0.4) is 0 Å². The maximum Gasteiger partial charge on any atom is 0.397 e. The molecule has 4 rings (SSSR count). The third-order valence-corrected chi connectivity index (χ3v) is 6.53. The lowest BCUT2D eigenvalue weighted by Gasteiger charge is -2.18. The molecule has 0 radical (unpaired) electrons. The summed E-state index contributed by atoms with van der Waals surface area (Å²) in [6.07, 6.45) is 4.21. The number of ether oxygens (including phenoxy) is 4. The van der Waals surface area contributed by atoms with Crippen LogP contribution in [-0.2, 0) is 40.0 Å². The maximum atomic E-state index is 12.3. The summed E-state index contributed by atoms with van der Waals surface area (Å²) in [6, 6.07) is 15.8. The van der Waals surface area contributed by atoms with Crippen molar-refractivity contribution in [1.29, 1.82) is 0 Å². The third kappa shape index (κ3) is 6.05. The zero-order valence-electron chi connectivity index (χ0n) is 21.8. The number of esters is 1. The lowest BCUT2D eigenvalue weighted by molar-refractivity contribution is -0.152. The number of fused-ring (bicyclic) bond motifs is 1. The van der Waals surface area contributed by atoms with Crippen LogP contribution >= 0.6 is 0 Å². The first-order valence-corrected chi connectivity index (χ1v) is 12.5. The Balaban J connectivity index is 1.56. The van der Waals surface area contributed by atoms with E-state index < -0.39 is 11.9 Å². The van der Waals surface area contributed by atoms with Gasteiger partial charge in [0, 0.05) is 11.3 Å². The fourth-order valence-electron chi connectivity index (χ4n) is 4.76. The molecule has 7 nitrogen and oxygen atoms in total. The lowest BCUT2D eigenvalue weighted by Crippen LogP contribution is -2.25. The highest BCUT2D eigenvalue weighted by atomic mass is 16.5. The van der Waals surface area contributed by atoms with Gasteiger partial charge in [0.05, 0.1) is 20.8 Å². The monoisotopic (exact) mass is 503 g/mol. The number of aryl methyl sites for hydroxylation is 3. The van der Waals surface area contributed by atoms with Gasteiger partial charge in [-0.2, -0.15) is 0 Å². The molecular weight excluding hydrogens is 470 g/mol. The lowest BCUT2D eigenvalue weighted by atomic mass is 10.0. The molecule has 0 heterocycles. The second kappa shape index (κ2) is 11.8. The number of methoxy groups -OCH3 is 2. The van der Waals surface area contributed by atoms with Gasteiger partial charge in [0.2, 0.25) is 0 Å². The van der Waals surface area contributed by atoms with Crippen LogP contribution in [0.25, 0.3) is 0 Å². The van der Waals surface area contributed by atoms with Gasteiger partial charge in [0.25, 0.3) is 0 Å². The van der Waals surface area contributed by atoms with E-state index in [1.54, 1.807) is 21.1 Å². The van der Waals surface area contributed by atoms with Crippen molar-refractivity contribution in [2.75, 3.05) is 26.1 Å². The second-order valence-corrected chi connectivity index (χ2v) is 8.98. The van der Waals surface area contributed by atoms with Gasteiger partial charge in [-0.25, -0.2) is 4.79 Å². The fourth-order valence-corrected chi connectivity index (χ4v) is 4.76. The Hall–Kier alpha value is -4.00. The van der Waals surface area contributed by atoms with Crippen molar-refractivity contribution in [3.05, 3.63) is 76.3 Å². The molecule has 7 heteroatoms. The zero-order chi connectivity index (χ0) is 26.4. The first-order valence-electron chi connectivity index (χ1n) is 12.5. The Morgan fingerprint density at radius 1 is 0.919 bits per heavy atom. The van der Waals surface area contributed by atoms with Crippen molar-refractivity contribution in [1.82, 2.24) is 0 Å². The van der Waals surface area contributed by atoms with E-state index in [1.807, 2.05) is 49.4 Å². The summed E-state index contributed by atoms with van der Waals surface area (Å²) in [5.41, 5.74) is 5.83. The van der Waals surface area contributed by atoms with Crippen molar-refractivity contribution in [2.24, 2.45) is 0 Å². The second-order valence-electron chi connectivity index (χ2n) is 8.98. The van der Waals surface area contributed by atoms with Crippen LogP contribution < -0.4 is 19.5 Å². The molecule has 0 unspecified atom stereocenters. The number of carbonyl (C=O) groups is 2. The van der Waals surface area contributed by atoms with Gasteiger partial charge in [-0.3, -0.25) is 4.79 Å². The van der Waals surface area contributed by atoms with Crippen molar-refractivity contribution >= 4 is 17.6 Å². The minimum atomic E-state index is -0.882. The Morgan fingerprint density at radius 3 is 2.49 bits per heavy atom. The van der Waals surface area contributed by atoms with Crippen molar-refractivity contribution in [3.8, 4) is 23.0 Å². The molecule has 0 saturated heterocycles. The molecule has 194 valence electrons. The average Bonchev–Trinajstić information content (AvgIpc) is 3.40. The van der Waals surface area contributed by atoms with Crippen molar-refractivity contribution in [2.45, 2.75) is 46.0 Å². The van der Waals surface area contributed by atoms with Crippen LogP contribution in [0.15, 0.2) is 48.5 Å². The van der Waals surface area contributed by atoms with E-state index in [0.717, 1.165) is 77.4 Å². The Bertz CT molecular complexity index is 1300.